The Morgan fingerprint density at radius 3 is 2.62 bits per heavy atom. The molecule has 21 heavy (non-hydrogen) atoms. The highest BCUT2D eigenvalue weighted by atomic mass is 79.9. The van der Waals surface area contributed by atoms with E-state index in [9.17, 15) is 4.79 Å². The molecule has 1 aromatic carbocycles. The zero-order chi connectivity index (χ0) is 14.5. The molecule has 1 fully saturated rings. The molecule has 5 heteroatoms. The fourth-order valence-corrected chi connectivity index (χ4v) is 3.31. The van der Waals surface area contributed by atoms with Crippen LogP contribution in [0.1, 0.15) is 42.1 Å². The summed E-state index contributed by atoms with van der Waals surface area (Å²) in [7, 11) is 0. The average Bonchev–Trinajstić information content (AvgIpc) is 2.45. The van der Waals surface area contributed by atoms with Gasteiger partial charge in [0.25, 0.3) is 5.91 Å². The van der Waals surface area contributed by atoms with Crippen LogP contribution < -0.4 is 5.32 Å². The van der Waals surface area contributed by atoms with Crippen LogP contribution in [0.4, 0.5) is 0 Å². The number of benzene rings is 1. The summed E-state index contributed by atoms with van der Waals surface area (Å²) in [5.41, 5.74) is 1.87. The summed E-state index contributed by atoms with van der Waals surface area (Å²) < 4.78 is 1.02. The number of hydrogen-bond acceptors (Lipinski definition) is 2. The van der Waals surface area contributed by atoms with E-state index in [0.717, 1.165) is 54.5 Å². The Morgan fingerprint density at radius 2 is 2.05 bits per heavy atom. The lowest BCUT2D eigenvalue weighted by atomic mass is 10.0. The topological polar surface area (TPSA) is 32.3 Å². The van der Waals surface area contributed by atoms with Gasteiger partial charge in [0.05, 0.1) is 0 Å². The monoisotopic (exact) mass is 374 g/mol. The third-order valence-corrected chi connectivity index (χ3v) is 4.39. The Labute approximate surface area is 142 Å². The minimum atomic E-state index is 0. The molecule has 1 heterocycles. The molecule has 0 saturated carbocycles. The van der Waals surface area contributed by atoms with Gasteiger partial charge in [0, 0.05) is 22.6 Å². The first kappa shape index (κ1) is 18.5. The van der Waals surface area contributed by atoms with Crippen LogP contribution in [0.3, 0.4) is 0 Å². The Balaban J connectivity index is 0.00000220. The maximum Gasteiger partial charge on any atom is 0.254 e. The van der Waals surface area contributed by atoms with Gasteiger partial charge in [-0.25, -0.2) is 0 Å². The van der Waals surface area contributed by atoms with Crippen molar-refractivity contribution in [3.63, 3.8) is 0 Å². The molecule has 0 bridgehead atoms. The van der Waals surface area contributed by atoms with Crippen LogP contribution >= 0.6 is 28.3 Å². The second-order valence-corrected chi connectivity index (χ2v) is 6.35. The average molecular weight is 376 g/mol. The molecule has 1 N–H and O–H groups in total. The molecule has 3 nitrogen and oxygen atoms in total. The molecule has 118 valence electrons. The molecule has 0 spiro atoms. The largest absolute Gasteiger partial charge is 0.336 e. The molecule has 1 saturated heterocycles. The summed E-state index contributed by atoms with van der Waals surface area (Å²) in [5, 5.41) is 3.37. The van der Waals surface area contributed by atoms with Crippen LogP contribution in [0, 0.1) is 6.92 Å². The van der Waals surface area contributed by atoms with Gasteiger partial charge in [-0.2, -0.15) is 0 Å². The number of amides is 1. The molecule has 0 radical (unpaired) electrons. The number of carbonyl (C=O) groups is 1. The van der Waals surface area contributed by atoms with E-state index in [0.29, 0.717) is 6.04 Å². The molecule has 0 aromatic heterocycles. The summed E-state index contributed by atoms with van der Waals surface area (Å²) in [6, 6.07) is 6.28. The van der Waals surface area contributed by atoms with Crippen molar-refractivity contribution >= 4 is 34.2 Å². The van der Waals surface area contributed by atoms with Crippen molar-refractivity contribution < 1.29 is 4.79 Å². The Hall–Kier alpha value is -0.580. The van der Waals surface area contributed by atoms with Crippen molar-refractivity contribution in [3.05, 3.63) is 33.8 Å². The predicted molar refractivity (Wildman–Crippen MR) is 93.3 cm³/mol. The number of carbonyl (C=O) groups excluding carboxylic acids is 1. The minimum absolute atomic E-state index is 0. The summed E-state index contributed by atoms with van der Waals surface area (Å²) in [6.07, 6.45) is 3.12. The molecule has 0 unspecified atom stereocenters. The van der Waals surface area contributed by atoms with Crippen LogP contribution in [0.5, 0.6) is 0 Å². The standard InChI is InChI=1S/C16H23BrN2O.ClH/c1-3-10-19(14-6-8-18-9-7-14)16(20)15-5-4-13(17)11-12(15)2;/h4-5,11,14,18H,3,6-10H2,1-2H3;1H. The third kappa shape index (κ3) is 4.70. The van der Waals surface area contributed by atoms with Gasteiger partial charge in [-0.3, -0.25) is 4.79 Å². The number of hydrogen-bond donors (Lipinski definition) is 1. The summed E-state index contributed by atoms with van der Waals surface area (Å²) in [6.45, 7) is 7.01. The molecular weight excluding hydrogens is 352 g/mol. The van der Waals surface area contributed by atoms with Gasteiger partial charge in [0.2, 0.25) is 0 Å². The zero-order valence-electron chi connectivity index (χ0n) is 12.7. The number of nitrogens with zero attached hydrogens (tertiary/aromatic N) is 1. The highest BCUT2D eigenvalue weighted by molar-refractivity contribution is 9.10. The van der Waals surface area contributed by atoms with Gasteiger partial charge in [-0.1, -0.05) is 22.9 Å². The van der Waals surface area contributed by atoms with Crippen LogP contribution in [0.25, 0.3) is 0 Å². The lowest BCUT2D eigenvalue weighted by molar-refractivity contribution is 0.0642. The van der Waals surface area contributed by atoms with Crippen LogP contribution in [0.2, 0.25) is 0 Å². The highest BCUT2D eigenvalue weighted by Gasteiger charge is 2.26. The van der Waals surface area contributed by atoms with Gasteiger partial charge in [0.15, 0.2) is 0 Å². The SMILES string of the molecule is CCCN(C(=O)c1ccc(Br)cc1C)C1CCNCC1.Cl. The highest BCUT2D eigenvalue weighted by Crippen LogP contribution is 2.21. The molecule has 1 aliphatic heterocycles. The normalized spacial score (nSPS) is 15.4. The van der Waals surface area contributed by atoms with Crippen molar-refractivity contribution in [3.8, 4) is 0 Å². The molecule has 0 atom stereocenters. The van der Waals surface area contributed by atoms with E-state index in [1.54, 1.807) is 0 Å². The number of aryl methyl sites for hydroxylation is 1. The van der Waals surface area contributed by atoms with Gasteiger partial charge in [-0.15, -0.1) is 12.4 Å². The van der Waals surface area contributed by atoms with E-state index in [4.69, 9.17) is 0 Å². The van der Waals surface area contributed by atoms with E-state index in [-0.39, 0.29) is 18.3 Å². The van der Waals surface area contributed by atoms with E-state index in [2.05, 4.69) is 33.1 Å². The summed E-state index contributed by atoms with van der Waals surface area (Å²) in [5.74, 6) is 0.184. The number of piperidine rings is 1. The van der Waals surface area contributed by atoms with Crippen molar-refractivity contribution in [2.24, 2.45) is 0 Å². The van der Waals surface area contributed by atoms with Crippen molar-refractivity contribution in [1.82, 2.24) is 10.2 Å². The lowest BCUT2D eigenvalue weighted by Gasteiger charge is -2.35. The molecule has 1 amide bonds. The fourth-order valence-electron chi connectivity index (χ4n) is 2.83. The van der Waals surface area contributed by atoms with E-state index < -0.39 is 0 Å². The van der Waals surface area contributed by atoms with Crippen molar-refractivity contribution in [2.45, 2.75) is 39.2 Å². The third-order valence-electron chi connectivity index (χ3n) is 3.89. The molecule has 2 rings (SSSR count). The van der Waals surface area contributed by atoms with E-state index >= 15 is 0 Å². The lowest BCUT2D eigenvalue weighted by Crippen LogP contribution is -2.46. The molecule has 1 aliphatic rings. The second kappa shape index (κ2) is 8.76. The number of halogens is 2. The van der Waals surface area contributed by atoms with Crippen LogP contribution in [-0.2, 0) is 0 Å². The summed E-state index contributed by atoms with van der Waals surface area (Å²) >= 11 is 3.46. The maximum absolute atomic E-state index is 12.9. The molecular formula is C16H24BrClN2O. The zero-order valence-corrected chi connectivity index (χ0v) is 15.1. The van der Waals surface area contributed by atoms with Crippen molar-refractivity contribution in [1.29, 1.82) is 0 Å². The predicted octanol–water partition coefficient (Wildman–Crippen LogP) is 3.78. The van der Waals surface area contributed by atoms with Crippen molar-refractivity contribution in [2.75, 3.05) is 19.6 Å². The first-order valence-electron chi connectivity index (χ1n) is 7.41. The van der Waals surface area contributed by atoms with Gasteiger partial charge in [-0.05, 0) is 63.0 Å². The first-order chi connectivity index (χ1) is 9.63. The smallest absolute Gasteiger partial charge is 0.254 e. The first-order valence-corrected chi connectivity index (χ1v) is 8.20. The Morgan fingerprint density at radius 1 is 1.38 bits per heavy atom. The Kier molecular flexibility index (Phi) is 7.71. The maximum atomic E-state index is 12.9. The van der Waals surface area contributed by atoms with E-state index in [1.165, 1.54) is 0 Å². The minimum Gasteiger partial charge on any atom is -0.336 e. The fraction of sp³-hybridized carbons (Fsp3) is 0.562. The quantitative estimate of drug-likeness (QED) is 0.868. The van der Waals surface area contributed by atoms with Gasteiger partial charge >= 0.3 is 0 Å². The molecule has 1 aromatic rings. The Bertz CT molecular complexity index is 475. The number of rotatable bonds is 4. The van der Waals surface area contributed by atoms with Gasteiger partial charge < -0.3 is 10.2 Å². The van der Waals surface area contributed by atoms with E-state index in [1.807, 2.05) is 25.1 Å². The summed E-state index contributed by atoms with van der Waals surface area (Å²) in [4.78, 5) is 14.9. The van der Waals surface area contributed by atoms with Gasteiger partial charge in [0.1, 0.15) is 0 Å². The number of nitrogens with one attached hydrogen (secondary N) is 1. The van der Waals surface area contributed by atoms with Crippen LogP contribution in [0.15, 0.2) is 22.7 Å². The second-order valence-electron chi connectivity index (χ2n) is 5.44. The van der Waals surface area contributed by atoms with Crippen LogP contribution in [-0.4, -0.2) is 36.5 Å². The molecule has 0 aliphatic carbocycles.